The summed E-state index contributed by atoms with van der Waals surface area (Å²) in [5.74, 6) is 1.22. The van der Waals surface area contributed by atoms with Crippen molar-refractivity contribution in [2.75, 3.05) is 31.5 Å². The molecule has 1 N–H and O–H groups in total. The van der Waals surface area contributed by atoms with Crippen LogP contribution >= 0.6 is 0 Å². The molecule has 2 aliphatic rings. The second-order valence-electron chi connectivity index (χ2n) is 9.72. The first-order valence-corrected chi connectivity index (χ1v) is 12.6. The number of carbonyl (C=O) groups excluding carboxylic acids is 2. The van der Waals surface area contributed by atoms with Gasteiger partial charge < -0.3 is 19.5 Å². The normalized spacial score (nSPS) is 18.7. The van der Waals surface area contributed by atoms with E-state index in [0.717, 1.165) is 16.9 Å². The number of hydrogen-bond acceptors (Lipinski definition) is 6. The van der Waals surface area contributed by atoms with Gasteiger partial charge >= 0.3 is 0 Å². The summed E-state index contributed by atoms with van der Waals surface area (Å²) < 4.78 is 16.8. The summed E-state index contributed by atoms with van der Waals surface area (Å²) >= 11 is 0. The molecule has 0 spiro atoms. The lowest BCUT2D eigenvalue weighted by Crippen LogP contribution is -2.37. The summed E-state index contributed by atoms with van der Waals surface area (Å²) in [7, 11) is 4.65. The molecule has 3 aromatic rings. The van der Waals surface area contributed by atoms with Crippen LogP contribution in [-0.4, -0.2) is 33.0 Å². The van der Waals surface area contributed by atoms with Crippen molar-refractivity contribution in [3.63, 3.8) is 0 Å². The number of aryl methyl sites for hydroxylation is 1. The Labute approximate surface area is 223 Å². The zero-order chi connectivity index (χ0) is 27.0. The van der Waals surface area contributed by atoms with E-state index < -0.39 is 6.04 Å². The molecule has 1 aliphatic carbocycles. The van der Waals surface area contributed by atoms with Crippen LogP contribution < -0.4 is 24.4 Å². The number of fused-ring (bicyclic) bond motifs is 1. The van der Waals surface area contributed by atoms with Gasteiger partial charge in [-0.2, -0.15) is 0 Å². The standard InChI is InChI=1S/C31H32N2O5/c1-18-10-12-20(13-11-18)21-14-24-29(26(35)15-21)30(22-16-27(36-3)31(38-5)28(17-22)37-4)33(19(2)34)25-9-7-6-8-23(25)32-24/h6-13,16-17,21,30,32H,14-15H2,1-5H3. The van der Waals surface area contributed by atoms with Crippen molar-refractivity contribution in [2.24, 2.45) is 0 Å². The molecule has 0 saturated carbocycles. The third-order valence-electron chi connectivity index (χ3n) is 7.38. The quantitative estimate of drug-likeness (QED) is 0.456. The molecule has 0 aromatic heterocycles. The van der Waals surface area contributed by atoms with E-state index in [9.17, 15) is 9.59 Å². The second kappa shape index (κ2) is 10.2. The van der Waals surface area contributed by atoms with E-state index in [1.54, 1.807) is 26.2 Å². The van der Waals surface area contributed by atoms with Gasteiger partial charge in [0.05, 0.1) is 38.7 Å². The number of benzene rings is 3. The number of allylic oxidation sites excluding steroid dienone is 1. The van der Waals surface area contributed by atoms with E-state index >= 15 is 0 Å². The zero-order valence-electron chi connectivity index (χ0n) is 22.3. The third kappa shape index (κ3) is 4.38. The third-order valence-corrected chi connectivity index (χ3v) is 7.38. The lowest BCUT2D eigenvalue weighted by atomic mass is 9.78. The maximum Gasteiger partial charge on any atom is 0.224 e. The molecule has 1 aliphatic heterocycles. The van der Waals surface area contributed by atoms with Gasteiger partial charge in [0.2, 0.25) is 11.7 Å². The van der Waals surface area contributed by atoms with Crippen LogP contribution in [0, 0.1) is 6.92 Å². The molecular formula is C31H32N2O5. The Hall–Kier alpha value is -4.26. The largest absolute Gasteiger partial charge is 0.493 e. The van der Waals surface area contributed by atoms with Crippen LogP contribution in [0.4, 0.5) is 11.4 Å². The number of carbonyl (C=O) groups is 2. The fourth-order valence-corrected chi connectivity index (χ4v) is 5.59. The van der Waals surface area contributed by atoms with Crippen molar-refractivity contribution in [1.29, 1.82) is 0 Å². The fourth-order valence-electron chi connectivity index (χ4n) is 5.59. The molecule has 1 amide bonds. The molecule has 7 nitrogen and oxygen atoms in total. The number of ketones is 1. The van der Waals surface area contributed by atoms with Gasteiger partial charge in [-0.15, -0.1) is 0 Å². The van der Waals surface area contributed by atoms with Crippen molar-refractivity contribution in [2.45, 2.75) is 38.6 Å². The predicted molar refractivity (Wildman–Crippen MR) is 147 cm³/mol. The van der Waals surface area contributed by atoms with Crippen LogP contribution in [0.5, 0.6) is 17.2 Å². The summed E-state index contributed by atoms with van der Waals surface area (Å²) in [6.07, 6.45) is 0.998. The molecule has 0 bridgehead atoms. The van der Waals surface area contributed by atoms with Gasteiger partial charge in [0.15, 0.2) is 17.3 Å². The highest BCUT2D eigenvalue weighted by molar-refractivity contribution is 6.06. The Morgan fingerprint density at radius 3 is 2.16 bits per heavy atom. The van der Waals surface area contributed by atoms with E-state index in [4.69, 9.17) is 14.2 Å². The highest BCUT2D eigenvalue weighted by atomic mass is 16.5. The van der Waals surface area contributed by atoms with E-state index in [1.165, 1.54) is 12.5 Å². The lowest BCUT2D eigenvalue weighted by molar-refractivity contribution is -0.117. The smallest absolute Gasteiger partial charge is 0.224 e. The number of methoxy groups -OCH3 is 3. The number of ether oxygens (including phenoxy) is 3. The monoisotopic (exact) mass is 512 g/mol. The summed E-state index contributed by atoms with van der Waals surface area (Å²) in [6.45, 7) is 3.58. The van der Waals surface area contributed by atoms with Crippen LogP contribution in [0.15, 0.2) is 71.9 Å². The molecule has 38 heavy (non-hydrogen) atoms. The maximum atomic E-state index is 14.0. The summed E-state index contributed by atoms with van der Waals surface area (Å²) in [4.78, 5) is 29.0. The van der Waals surface area contributed by atoms with Gasteiger partial charge in [0.25, 0.3) is 0 Å². The van der Waals surface area contributed by atoms with Crippen LogP contribution in [0.3, 0.4) is 0 Å². The Bertz CT molecular complexity index is 1400. The van der Waals surface area contributed by atoms with E-state index in [2.05, 4.69) is 36.5 Å². The highest BCUT2D eigenvalue weighted by Crippen LogP contribution is 2.49. The van der Waals surface area contributed by atoms with Gasteiger partial charge in [-0.05, 0) is 54.7 Å². The van der Waals surface area contributed by atoms with Crippen molar-refractivity contribution >= 4 is 23.1 Å². The first-order chi connectivity index (χ1) is 18.4. The number of hydrogen-bond donors (Lipinski definition) is 1. The number of nitrogens with zero attached hydrogens (tertiary/aromatic N) is 1. The molecule has 1 heterocycles. The minimum absolute atomic E-state index is 0.00197. The van der Waals surface area contributed by atoms with Crippen LogP contribution in [0.25, 0.3) is 0 Å². The predicted octanol–water partition coefficient (Wildman–Crippen LogP) is 5.94. The van der Waals surface area contributed by atoms with Gasteiger partial charge in [-0.1, -0.05) is 42.0 Å². The van der Waals surface area contributed by atoms with Crippen molar-refractivity contribution in [3.05, 3.63) is 88.6 Å². The molecule has 5 rings (SSSR count). The number of Topliss-reactive ketones (excluding diaryl/α,β-unsaturated/α-hetero) is 1. The summed E-state index contributed by atoms with van der Waals surface area (Å²) in [5, 5.41) is 3.55. The Kier molecular flexibility index (Phi) is 6.85. The average molecular weight is 513 g/mol. The van der Waals surface area contributed by atoms with Gasteiger partial charge in [-0.3, -0.25) is 14.5 Å². The van der Waals surface area contributed by atoms with Gasteiger partial charge in [-0.25, -0.2) is 0 Å². The Balaban J connectivity index is 1.74. The zero-order valence-corrected chi connectivity index (χ0v) is 22.3. The lowest BCUT2D eigenvalue weighted by Gasteiger charge is -2.35. The van der Waals surface area contributed by atoms with Crippen LogP contribution in [0.2, 0.25) is 0 Å². The number of amides is 1. The van der Waals surface area contributed by atoms with Crippen molar-refractivity contribution in [1.82, 2.24) is 0 Å². The van der Waals surface area contributed by atoms with Crippen molar-refractivity contribution < 1.29 is 23.8 Å². The minimum Gasteiger partial charge on any atom is -0.493 e. The number of nitrogens with one attached hydrogen (secondary N) is 1. The van der Waals surface area contributed by atoms with E-state index in [-0.39, 0.29) is 17.6 Å². The first-order valence-electron chi connectivity index (χ1n) is 12.6. The molecule has 2 atom stereocenters. The molecule has 2 unspecified atom stereocenters. The Morgan fingerprint density at radius 1 is 0.895 bits per heavy atom. The minimum atomic E-state index is -0.682. The number of anilines is 2. The fraction of sp³-hybridized carbons (Fsp3) is 0.290. The van der Waals surface area contributed by atoms with Gasteiger partial charge in [0.1, 0.15) is 0 Å². The SMILES string of the molecule is COc1cc(C2C3=C(CC(c4ccc(C)cc4)CC3=O)Nc3ccccc3N2C(C)=O)cc(OC)c1OC. The molecule has 0 saturated heterocycles. The topological polar surface area (TPSA) is 77.1 Å². The Morgan fingerprint density at radius 2 is 1.55 bits per heavy atom. The molecule has 196 valence electrons. The summed E-state index contributed by atoms with van der Waals surface area (Å²) in [6, 6.07) is 19.0. The van der Waals surface area contributed by atoms with Crippen LogP contribution in [-0.2, 0) is 9.59 Å². The van der Waals surface area contributed by atoms with Crippen LogP contribution in [0.1, 0.15) is 48.4 Å². The van der Waals surface area contributed by atoms with E-state index in [0.29, 0.717) is 46.9 Å². The van der Waals surface area contributed by atoms with Crippen molar-refractivity contribution in [3.8, 4) is 17.2 Å². The highest BCUT2D eigenvalue weighted by Gasteiger charge is 2.41. The summed E-state index contributed by atoms with van der Waals surface area (Å²) in [5.41, 5.74) is 5.88. The number of rotatable bonds is 5. The van der Waals surface area contributed by atoms with Gasteiger partial charge in [0, 0.05) is 24.6 Å². The maximum absolute atomic E-state index is 14.0. The second-order valence-corrected chi connectivity index (χ2v) is 9.72. The van der Waals surface area contributed by atoms with E-state index in [1.807, 2.05) is 36.4 Å². The molecule has 3 aromatic carbocycles. The number of para-hydroxylation sites is 2. The first kappa shape index (κ1) is 25.4. The molecule has 0 radical (unpaired) electrons. The molecular weight excluding hydrogens is 480 g/mol. The molecule has 7 heteroatoms. The average Bonchev–Trinajstić information content (AvgIpc) is 3.07. The molecule has 0 fully saturated rings.